The highest BCUT2D eigenvalue weighted by molar-refractivity contribution is 6.02. The first-order chi connectivity index (χ1) is 9.56. The topological polar surface area (TPSA) is 55.8 Å². The lowest BCUT2D eigenvalue weighted by molar-refractivity contribution is -0.123. The Hall–Kier alpha value is -1.66. The van der Waals surface area contributed by atoms with Crippen LogP contribution in [0.25, 0.3) is 0 Å². The van der Waals surface area contributed by atoms with E-state index in [0.717, 1.165) is 32.6 Å². The third-order valence-electron chi connectivity index (χ3n) is 3.98. The highest BCUT2D eigenvalue weighted by Gasteiger charge is 2.30. The Labute approximate surface area is 117 Å². The minimum absolute atomic E-state index is 0.322. The molecule has 2 N–H and O–H groups in total. The molecule has 5 nitrogen and oxygen atoms in total. The minimum Gasteiger partial charge on any atom is -0.378 e. The summed E-state index contributed by atoms with van der Waals surface area (Å²) < 4.78 is 14.3. The summed E-state index contributed by atoms with van der Waals surface area (Å²) in [5.41, 5.74) is 1.33. The van der Waals surface area contributed by atoms with Crippen LogP contribution in [-0.4, -0.2) is 49.1 Å². The number of nitrogens with one attached hydrogen (secondary N) is 1. The van der Waals surface area contributed by atoms with Crippen molar-refractivity contribution in [1.29, 1.82) is 0 Å². The lowest BCUT2D eigenvalue weighted by atomic mass is 10.1. The standard InChI is InChI=1S/C14H18FN3O2/c1-17-3-2-4-18(6-5-17)12-8-11-9(7-10(12)15)13(19)14(20)16-11/h7-8,13,19H,2-6H2,1H3,(H,16,20). The van der Waals surface area contributed by atoms with Gasteiger partial charge in [-0.15, -0.1) is 0 Å². The number of fused-ring (bicyclic) bond motifs is 1. The smallest absolute Gasteiger partial charge is 0.257 e. The van der Waals surface area contributed by atoms with Crippen LogP contribution in [0.15, 0.2) is 12.1 Å². The number of benzene rings is 1. The van der Waals surface area contributed by atoms with Crippen molar-refractivity contribution in [2.75, 3.05) is 43.4 Å². The molecule has 1 fully saturated rings. The number of aliphatic hydroxyl groups is 1. The molecule has 0 saturated carbocycles. The molecule has 0 bridgehead atoms. The molecule has 1 unspecified atom stereocenters. The lowest BCUT2D eigenvalue weighted by Gasteiger charge is -2.24. The lowest BCUT2D eigenvalue weighted by Crippen LogP contribution is -2.29. The SMILES string of the molecule is CN1CCCN(c2cc3c(cc2F)C(O)C(=O)N3)CC1. The van der Waals surface area contributed by atoms with Crippen LogP contribution in [0, 0.1) is 5.82 Å². The quantitative estimate of drug-likeness (QED) is 0.804. The van der Waals surface area contributed by atoms with Crippen LogP contribution in [0.2, 0.25) is 0 Å². The summed E-state index contributed by atoms with van der Waals surface area (Å²) in [5.74, 6) is -0.879. The van der Waals surface area contributed by atoms with Crippen LogP contribution in [0.5, 0.6) is 0 Å². The maximum Gasteiger partial charge on any atom is 0.257 e. The molecule has 108 valence electrons. The van der Waals surface area contributed by atoms with Gasteiger partial charge in [0.15, 0.2) is 6.10 Å². The van der Waals surface area contributed by atoms with Crippen molar-refractivity contribution in [2.45, 2.75) is 12.5 Å². The maximum atomic E-state index is 14.3. The monoisotopic (exact) mass is 279 g/mol. The highest BCUT2D eigenvalue weighted by atomic mass is 19.1. The van der Waals surface area contributed by atoms with Gasteiger partial charge in [-0.3, -0.25) is 4.79 Å². The Balaban J connectivity index is 1.91. The number of nitrogens with zero attached hydrogens (tertiary/aromatic N) is 2. The summed E-state index contributed by atoms with van der Waals surface area (Å²) in [6.45, 7) is 3.42. The average Bonchev–Trinajstić information content (AvgIpc) is 2.60. The van der Waals surface area contributed by atoms with E-state index in [1.54, 1.807) is 6.07 Å². The van der Waals surface area contributed by atoms with Gasteiger partial charge in [0.25, 0.3) is 5.91 Å². The Morgan fingerprint density at radius 1 is 1.30 bits per heavy atom. The van der Waals surface area contributed by atoms with Crippen LogP contribution < -0.4 is 10.2 Å². The molecule has 0 aromatic heterocycles. The van der Waals surface area contributed by atoms with Crippen LogP contribution in [0.1, 0.15) is 18.1 Å². The van der Waals surface area contributed by atoms with Crippen LogP contribution in [-0.2, 0) is 4.79 Å². The molecule has 1 aromatic carbocycles. The summed E-state index contributed by atoms with van der Waals surface area (Å²) in [5, 5.41) is 12.2. The molecule has 0 spiro atoms. The van der Waals surface area contributed by atoms with E-state index in [9.17, 15) is 14.3 Å². The first-order valence-corrected chi connectivity index (χ1v) is 6.82. The fourth-order valence-corrected chi connectivity index (χ4v) is 2.78. The molecule has 2 aliphatic rings. The fourth-order valence-electron chi connectivity index (χ4n) is 2.78. The molecule has 1 saturated heterocycles. The molecule has 20 heavy (non-hydrogen) atoms. The predicted octanol–water partition coefficient (Wildman–Crippen LogP) is 0.953. The van der Waals surface area contributed by atoms with E-state index in [4.69, 9.17) is 0 Å². The summed E-state index contributed by atoms with van der Waals surface area (Å²) in [4.78, 5) is 15.6. The number of anilines is 2. The number of likely N-dealkylation sites (N-methyl/N-ethyl adjacent to an activating group) is 1. The van der Waals surface area contributed by atoms with Gasteiger partial charge in [0.05, 0.1) is 5.69 Å². The van der Waals surface area contributed by atoms with Crippen LogP contribution in [0.3, 0.4) is 0 Å². The largest absolute Gasteiger partial charge is 0.378 e. The third-order valence-corrected chi connectivity index (χ3v) is 3.98. The Morgan fingerprint density at radius 3 is 2.90 bits per heavy atom. The summed E-state index contributed by atoms with van der Waals surface area (Å²) in [6, 6.07) is 2.89. The van der Waals surface area contributed by atoms with Crippen molar-refractivity contribution in [3.05, 3.63) is 23.5 Å². The van der Waals surface area contributed by atoms with Crippen molar-refractivity contribution in [1.82, 2.24) is 4.90 Å². The number of aliphatic hydroxyl groups excluding tert-OH is 1. The normalized spacial score (nSPS) is 23.4. The Morgan fingerprint density at radius 2 is 2.10 bits per heavy atom. The van der Waals surface area contributed by atoms with E-state index in [2.05, 4.69) is 17.3 Å². The number of carbonyl (C=O) groups is 1. The average molecular weight is 279 g/mol. The third kappa shape index (κ3) is 2.25. The summed E-state index contributed by atoms with van der Waals surface area (Å²) in [7, 11) is 2.05. The summed E-state index contributed by atoms with van der Waals surface area (Å²) >= 11 is 0. The molecule has 3 rings (SSSR count). The first kappa shape index (κ1) is 13.3. The van der Waals surface area contributed by atoms with Gasteiger partial charge in [-0.2, -0.15) is 0 Å². The second-order valence-electron chi connectivity index (χ2n) is 5.43. The number of hydrogen-bond donors (Lipinski definition) is 2. The van der Waals surface area contributed by atoms with E-state index in [1.807, 2.05) is 4.90 Å². The molecular formula is C14H18FN3O2. The maximum absolute atomic E-state index is 14.3. The molecule has 1 aromatic rings. The van der Waals surface area contributed by atoms with Gasteiger partial charge in [0.2, 0.25) is 0 Å². The zero-order valence-corrected chi connectivity index (χ0v) is 11.4. The van der Waals surface area contributed by atoms with Crippen molar-refractivity contribution in [3.63, 3.8) is 0 Å². The van der Waals surface area contributed by atoms with Gasteiger partial charge >= 0.3 is 0 Å². The van der Waals surface area contributed by atoms with E-state index in [-0.39, 0.29) is 5.82 Å². The first-order valence-electron chi connectivity index (χ1n) is 6.82. The second-order valence-corrected chi connectivity index (χ2v) is 5.43. The fraction of sp³-hybridized carbons (Fsp3) is 0.500. The van der Waals surface area contributed by atoms with Crippen molar-refractivity contribution >= 4 is 17.3 Å². The van der Waals surface area contributed by atoms with E-state index < -0.39 is 12.0 Å². The highest BCUT2D eigenvalue weighted by Crippen LogP contribution is 2.36. The van der Waals surface area contributed by atoms with Gasteiger partial charge in [0.1, 0.15) is 5.82 Å². The number of halogens is 1. The molecule has 0 aliphatic carbocycles. The molecule has 6 heteroatoms. The minimum atomic E-state index is -1.26. The predicted molar refractivity (Wildman–Crippen MR) is 74.3 cm³/mol. The Kier molecular flexibility index (Phi) is 3.35. The van der Waals surface area contributed by atoms with E-state index in [0.29, 0.717) is 16.9 Å². The van der Waals surface area contributed by atoms with Gasteiger partial charge in [-0.05, 0) is 32.1 Å². The molecule has 1 atom stereocenters. The number of carbonyl (C=O) groups excluding carboxylic acids is 1. The number of hydrogen-bond acceptors (Lipinski definition) is 4. The zero-order valence-electron chi connectivity index (χ0n) is 11.4. The van der Waals surface area contributed by atoms with Gasteiger partial charge in [-0.1, -0.05) is 0 Å². The van der Waals surface area contributed by atoms with Crippen molar-refractivity contribution in [2.24, 2.45) is 0 Å². The number of amides is 1. The van der Waals surface area contributed by atoms with E-state index >= 15 is 0 Å². The Bertz CT molecular complexity index is 549. The number of rotatable bonds is 1. The molecule has 2 heterocycles. The van der Waals surface area contributed by atoms with Gasteiger partial charge in [-0.25, -0.2) is 4.39 Å². The van der Waals surface area contributed by atoms with Crippen molar-refractivity contribution in [3.8, 4) is 0 Å². The molecule has 0 radical (unpaired) electrons. The van der Waals surface area contributed by atoms with Crippen LogP contribution >= 0.6 is 0 Å². The summed E-state index contributed by atoms with van der Waals surface area (Å²) in [6.07, 6.45) is -0.286. The second kappa shape index (κ2) is 5.03. The molecular weight excluding hydrogens is 261 g/mol. The van der Waals surface area contributed by atoms with Gasteiger partial charge in [0, 0.05) is 30.9 Å². The van der Waals surface area contributed by atoms with E-state index in [1.165, 1.54) is 6.07 Å². The van der Waals surface area contributed by atoms with Gasteiger partial charge < -0.3 is 20.2 Å². The molecule has 1 amide bonds. The van der Waals surface area contributed by atoms with Crippen molar-refractivity contribution < 1.29 is 14.3 Å². The van der Waals surface area contributed by atoms with Crippen LogP contribution in [0.4, 0.5) is 15.8 Å². The molecule has 2 aliphatic heterocycles. The zero-order chi connectivity index (χ0) is 14.3.